The number of hydrogen-bond donors (Lipinski definition) is 0. The summed E-state index contributed by atoms with van der Waals surface area (Å²) < 4.78 is 1.25. The first-order chi connectivity index (χ1) is 6.86. The van der Waals surface area contributed by atoms with Gasteiger partial charge in [0.25, 0.3) is 0 Å². The minimum absolute atomic E-state index is 1.07. The van der Waals surface area contributed by atoms with Gasteiger partial charge in [-0.15, -0.1) is 11.3 Å². The smallest absolute Gasteiger partial charge is 0.126 e. The van der Waals surface area contributed by atoms with Crippen LogP contribution in [0.15, 0.2) is 30.6 Å². The van der Waals surface area contributed by atoms with Gasteiger partial charge in [-0.2, -0.15) is 0 Å². The summed E-state index contributed by atoms with van der Waals surface area (Å²) in [5, 5.41) is 1.16. The largest absolute Gasteiger partial charge is 0.255 e. The second kappa shape index (κ2) is 2.75. The van der Waals surface area contributed by atoms with Crippen LogP contribution in [0.4, 0.5) is 0 Å². The molecule has 0 fully saturated rings. The Labute approximate surface area is 85.2 Å². The van der Waals surface area contributed by atoms with Crippen molar-refractivity contribution in [2.45, 2.75) is 6.92 Å². The molecule has 0 N–H and O–H groups in total. The van der Waals surface area contributed by atoms with Crippen LogP contribution < -0.4 is 0 Å². The molecule has 0 amide bonds. The number of rotatable bonds is 0. The molecule has 3 heterocycles. The normalized spacial score (nSPS) is 11.2. The summed E-state index contributed by atoms with van der Waals surface area (Å²) >= 11 is 1.71. The van der Waals surface area contributed by atoms with Crippen molar-refractivity contribution < 1.29 is 0 Å². The lowest BCUT2D eigenvalue weighted by atomic mass is 10.2. The van der Waals surface area contributed by atoms with E-state index in [1.807, 2.05) is 24.5 Å². The molecular formula is C11H8N2S. The topological polar surface area (TPSA) is 25.8 Å². The summed E-state index contributed by atoms with van der Waals surface area (Å²) in [5.74, 6) is 0. The van der Waals surface area contributed by atoms with E-state index in [9.17, 15) is 0 Å². The quantitative estimate of drug-likeness (QED) is 0.557. The lowest BCUT2D eigenvalue weighted by Crippen LogP contribution is -1.76. The Hall–Kier alpha value is -1.48. The van der Waals surface area contributed by atoms with Gasteiger partial charge in [-0.05, 0) is 30.7 Å². The maximum Gasteiger partial charge on any atom is 0.126 e. The third-order valence-corrected chi connectivity index (χ3v) is 3.56. The molecule has 0 spiro atoms. The van der Waals surface area contributed by atoms with Crippen LogP contribution in [0.3, 0.4) is 0 Å². The van der Waals surface area contributed by atoms with Crippen LogP contribution >= 0.6 is 11.3 Å². The standard InChI is InChI=1S/C11H8N2S/c1-7-4-6-12-9-8-3-2-5-13-11(8)14-10(7)9/h2-6H,1H3. The van der Waals surface area contributed by atoms with Crippen molar-refractivity contribution in [1.82, 2.24) is 9.97 Å². The van der Waals surface area contributed by atoms with E-state index in [0.29, 0.717) is 0 Å². The molecule has 0 bridgehead atoms. The van der Waals surface area contributed by atoms with Crippen LogP contribution in [0, 0.1) is 6.92 Å². The zero-order valence-corrected chi connectivity index (χ0v) is 8.51. The van der Waals surface area contributed by atoms with Crippen molar-refractivity contribution in [3.8, 4) is 0 Å². The van der Waals surface area contributed by atoms with Crippen molar-refractivity contribution in [3.05, 3.63) is 36.2 Å². The van der Waals surface area contributed by atoms with Crippen molar-refractivity contribution in [3.63, 3.8) is 0 Å². The predicted octanol–water partition coefficient (Wildman–Crippen LogP) is 3.15. The van der Waals surface area contributed by atoms with E-state index in [4.69, 9.17) is 0 Å². The van der Waals surface area contributed by atoms with E-state index in [0.717, 1.165) is 15.7 Å². The summed E-state index contributed by atoms with van der Waals surface area (Å²) in [5.41, 5.74) is 2.36. The number of hydrogen-bond acceptors (Lipinski definition) is 3. The van der Waals surface area contributed by atoms with Gasteiger partial charge in [0.15, 0.2) is 0 Å². The number of thiophene rings is 1. The Morgan fingerprint density at radius 3 is 3.00 bits per heavy atom. The van der Waals surface area contributed by atoms with Gasteiger partial charge in [-0.1, -0.05) is 0 Å². The van der Waals surface area contributed by atoms with Crippen LogP contribution in [-0.2, 0) is 0 Å². The molecule has 3 heteroatoms. The summed E-state index contributed by atoms with van der Waals surface area (Å²) in [6, 6.07) is 6.07. The average molecular weight is 200 g/mol. The zero-order chi connectivity index (χ0) is 9.54. The van der Waals surface area contributed by atoms with Crippen LogP contribution in [0.5, 0.6) is 0 Å². The van der Waals surface area contributed by atoms with E-state index >= 15 is 0 Å². The number of aromatic nitrogens is 2. The fourth-order valence-electron chi connectivity index (χ4n) is 1.61. The van der Waals surface area contributed by atoms with Gasteiger partial charge in [0.1, 0.15) is 4.83 Å². The highest BCUT2D eigenvalue weighted by Crippen LogP contribution is 2.32. The molecule has 0 saturated heterocycles. The first-order valence-corrected chi connectivity index (χ1v) is 5.27. The van der Waals surface area contributed by atoms with E-state index in [2.05, 4.69) is 23.0 Å². The predicted molar refractivity (Wildman–Crippen MR) is 59.7 cm³/mol. The van der Waals surface area contributed by atoms with Gasteiger partial charge < -0.3 is 0 Å². The van der Waals surface area contributed by atoms with Gasteiger partial charge in [0.05, 0.1) is 10.2 Å². The molecule has 0 atom stereocenters. The lowest BCUT2D eigenvalue weighted by molar-refractivity contribution is 1.39. The number of aryl methyl sites for hydroxylation is 1. The highest BCUT2D eigenvalue weighted by atomic mass is 32.1. The summed E-state index contributed by atoms with van der Waals surface area (Å²) in [4.78, 5) is 9.81. The Morgan fingerprint density at radius 2 is 2.07 bits per heavy atom. The molecule has 0 aliphatic heterocycles. The minimum Gasteiger partial charge on any atom is -0.255 e. The maximum atomic E-state index is 4.40. The summed E-state index contributed by atoms with van der Waals surface area (Å²) in [7, 11) is 0. The van der Waals surface area contributed by atoms with Crippen LogP contribution in [0.1, 0.15) is 5.56 Å². The monoisotopic (exact) mass is 200 g/mol. The molecule has 0 aliphatic rings. The maximum absolute atomic E-state index is 4.40. The van der Waals surface area contributed by atoms with Crippen molar-refractivity contribution >= 4 is 31.8 Å². The van der Waals surface area contributed by atoms with Gasteiger partial charge in [0, 0.05) is 17.8 Å². The third kappa shape index (κ3) is 0.960. The average Bonchev–Trinajstić information content (AvgIpc) is 2.59. The van der Waals surface area contributed by atoms with Crippen LogP contribution in [0.2, 0.25) is 0 Å². The molecule has 3 aromatic rings. The molecule has 3 rings (SSSR count). The van der Waals surface area contributed by atoms with Gasteiger partial charge >= 0.3 is 0 Å². The molecule has 0 aromatic carbocycles. The zero-order valence-electron chi connectivity index (χ0n) is 7.69. The van der Waals surface area contributed by atoms with E-state index in [-0.39, 0.29) is 0 Å². The molecular weight excluding hydrogens is 192 g/mol. The van der Waals surface area contributed by atoms with E-state index in [1.165, 1.54) is 10.3 Å². The Morgan fingerprint density at radius 1 is 1.14 bits per heavy atom. The minimum atomic E-state index is 1.07. The van der Waals surface area contributed by atoms with Crippen molar-refractivity contribution in [2.75, 3.05) is 0 Å². The SMILES string of the molecule is Cc1ccnc2c1sc1ncccc12. The number of pyridine rings is 2. The highest BCUT2D eigenvalue weighted by molar-refractivity contribution is 7.25. The fourth-order valence-corrected chi connectivity index (χ4v) is 2.68. The first kappa shape index (κ1) is 7.88. The summed E-state index contributed by atoms with van der Waals surface area (Å²) in [6.07, 6.45) is 3.68. The van der Waals surface area contributed by atoms with Gasteiger partial charge in [0.2, 0.25) is 0 Å². The molecule has 2 nitrogen and oxygen atoms in total. The molecule has 0 saturated carbocycles. The molecule has 0 unspecified atom stereocenters. The Kier molecular flexibility index (Phi) is 1.55. The summed E-state index contributed by atoms with van der Waals surface area (Å²) in [6.45, 7) is 2.11. The first-order valence-electron chi connectivity index (χ1n) is 4.45. The fraction of sp³-hybridized carbons (Fsp3) is 0.0909. The Bertz CT molecular complexity index is 613. The molecule has 0 aliphatic carbocycles. The van der Waals surface area contributed by atoms with E-state index < -0.39 is 0 Å². The lowest BCUT2D eigenvalue weighted by Gasteiger charge is -1.92. The molecule has 14 heavy (non-hydrogen) atoms. The van der Waals surface area contributed by atoms with E-state index in [1.54, 1.807) is 11.3 Å². The van der Waals surface area contributed by atoms with Crippen molar-refractivity contribution in [2.24, 2.45) is 0 Å². The Balaban J connectivity index is 2.63. The number of nitrogens with zero attached hydrogens (tertiary/aromatic N) is 2. The second-order valence-electron chi connectivity index (χ2n) is 3.26. The number of fused-ring (bicyclic) bond motifs is 3. The highest BCUT2D eigenvalue weighted by Gasteiger charge is 2.07. The third-order valence-electron chi connectivity index (χ3n) is 2.33. The van der Waals surface area contributed by atoms with Crippen molar-refractivity contribution in [1.29, 1.82) is 0 Å². The van der Waals surface area contributed by atoms with Crippen LogP contribution in [-0.4, -0.2) is 9.97 Å². The molecule has 0 radical (unpaired) electrons. The van der Waals surface area contributed by atoms with Crippen LogP contribution in [0.25, 0.3) is 20.4 Å². The van der Waals surface area contributed by atoms with Gasteiger partial charge in [-0.25, -0.2) is 4.98 Å². The molecule has 68 valence electrons. The molecule has 3 aromatic heterocycles. The van der Waals surface area contributed by atoms with Gasteiger partial charge in [-0.3, -0.25) is 4.98 Å². The second-order valence-corrected chi connectivity index (χ2v) is 4.26.